The zero-order valence-corrected chi connectivity index (χ0v) is 11.8. The molecule has 0 saturated carbocycles. The van der Waals surface area contributed by atoms with Crippen LogP contribution in [0.4, 0.5) is 5.69 Å². The van der Waals surface area contributed by atoms with Gasteiger partial charge in [0.2, 0.25) is 0 Å². The molecular weight excluding hydrogens is 314 g/mol. The van der Waals surface area contributed by atoms with Crippen LogP contribution in [0.3, 0.4) is 0 Å². The summed E-state index contributed by atoms with van der Waals surface area (Å²) in [5.41, 5.74) is 1.10. The fourth-order valence-electron chi connectivity index (χ4n) is 1.46. The van der Waals surface area contributed by atoms with Gasteiger partial charge in [-0.25, -0.2) is 0 Å². The number of hydrogen-bond acceptors (Lipinski definition) is 3. The SMILES string of the molecule is O=[N+]([O-])c1cccc(CSc2ccc(Br)cc2)c1. The number of rotatable bonds is 4. The highest BCUT2D eigenvalue weighted by Crippen LogP contribution is 2.25. The molecule has 0 N–H and O–H groups in total. The van der Waals surface area contributed by atoms with Crippen molar-refractivity contribution in [2.75, 3.05) is 0 Å². The molecule has 2 rings (SSSR count). The maximum absolute atomic E-state index is 10.7. The molecule has 92 valence electrons. The van der Waals surface area contributed by atoms with Crippen LogP contribution in [0, 0.1) is 10.1 Å². The van der Waals surface area contributed by atoms with Crippen LogP contribution in [-0.4, -0.2) is 4.92 Å². The van der Waals surface area contributed by atoms with E-state index < -0.39 is 0 Å². The lowest BCUT2D eigenvalue weighted by molar-refractivity contribution is -0.384. The fourth-order valence-corrected chi connectivity index (χ4v) is 2.56. The summed E-state index contributed by atoms with van der Waals surface area (Å²) in [5.74, 6) is 0.726. The highest BCUT2D eigenvalue weighted by atomic mass is 79.9. The van der Waals surface area contributed by atoms with Gasteiger partial charge in [-0.05, 0) is 29.8 Å². The molecular formula is C13H10BrNO2S. The van der Waals surface area contributed by atoms with Crippen LogP contribution < -0.4 is 0 Å². The zero-order valence-electron chi connectivity index (χ0n) is 9.38. The number of benzene rings is 2. The summed E-state index contributed by atoms with van der Waals surface area (Å²) >= 11 is 5.04. The average Bonchev–Trinajstić information content (AvgIpc) is 2.38. The van der Waals surface area contributed by atoms with Gasteiger partial charge < -0.3 is 0 Å². The molecule has 0 aliphatic rings. The molecule has 0 aliphatic heterocycles. The van der Waals surface area contributed by atoms with Crippen molar-refractivity contribution >= 4 is 33.4 Å². The minimum atomic E-state index is -0.367. The smallest absolute Gasteiger partial charge is 0.258 e. The third-order valence-electron chi connectivity index (χ3n) is 2.34. The van der Waals surface area contributed by atoms with E-state index in [1.165, 1.54) is 6.07 Å². The predicted octanol–water partition coefficient (Wildman–Crippen LogP) is 4.65. The van der Waals surface area contributed by atoms with Crippen LogP contribution in [0.2, 0.25) is 0 Å². The highest BCUT2D eigenvalue weighted by Gasteiger charge is 2.05. The molecule has 0 radical (unpaired) electrons. The van der Waals surface area contributed by atoms with E-state index in [2.05, 4.69) is 15.9 Å². The summed E-state index contributed by atoms with van der Waals surface area (Å²) in [4.78, 5) is 11.4. The molecule has 18 heavy (non-hydrogen) atoms. The average molecular weight is 324 g/mol. The molecule has 2 aromatic carbocycles. The number of halogens is 1. The van der Waals surface area contributed by atoms with Crippen LogP contribution in [-0.2, 0) is 5.75 Å². The summed E-state index contributed by atoms with van der Waals surface area (Å²) in [7, 11) is 0. The second kappa shape index (κ2) is 6.02. The van der Waals surface area contributed by atoms with Crippen molar-refractivity contribution in [1.29, 1.82) is 0 Å². The van der Waals surface area contributed by atoms with Crippen molar-refractivity contribution in [2.45, 2.75) is 10.6 Å². The van der Waals surface area contributed by atoms with Gasteiger partial charge in [-0.3, -0.25) is 10.1 Å². The van der Waals surface area contributed by atoms with E-state index in [1.807, 2.05) is 30.3 Å². The summed E-state index contributed by atoms with van der Waals surface area (Å²) in [6.45, 7) is 0. The van der Waals surface area contributed by atoms with E-state index in [1.54, 1.807) is 23.9 Å². The van der Waals surface area contributed by atoms with Crippen molar-refractivity contribution in [3.8, 4) is 0 Å². The monoisotopic (exact) mass is 323 g/mol. The second-order valence-electron chi connectivity index (χ2n) is 3.67. The van der Waals surface area contributed by atoms with Gasteiger partial charge in [-0.15, -0.1) is 11.8 Å². The van der Waals surface area contributed by atoms with Gasteiger partial charge in [0.15, 0.2) is 0 Å². The summed E-state index contributed by atoms with van der Waals surface area (Å²) in [6.07, 6.45) is 0. The number of thioether (sulfide) groups is 1. The third-order valence-corrected chi connectivity index (χ3v) is 3.95. The molecule has 0 fully saturated rings. The maximum Gasteiger partial charge on any atom is 0.269 e. The lowest BCUT2D eigenvalue weighted by Crippen LogP contribution is -1.89. The second-order valence-corrected chi connectivity index (χ2v) is 5.63. The Balaban J connectivity index is 2.04. The van der Waals surface area contributed by atoms with Crippen molar-refractivity contribution < 1.29 is 4.92 Å². The zero-order chi connectivity index (χ0) is 13.0. The van der Waals surface area contributed by atoms with Crippen molar-refractivity contribution in [3.63, 3.8) is 0 Å². The largest absolute Gasteiger partial charge is 0.269 e. The summed E-state index contributed by atoms with van der Waals surface area (Å²) < 4.78 is 1.04. The van der Waals surface area contributed by atoms with Crippen LogP contribution in [0.1, 0.15) is 5.56 Å². The van der Waals surface area contributed by atoms with E-state index in [-0.39, 0.29) is 10.6 Å². The number of nitro benzene ring substituents is 1. The predicted molar refractivity (Wildman–Crippen MR) is 76.8 cm³/mol. The molecule has 0 aromatic heterocycles. The summed E-state index contributed by atoms with van der Waals surface area (Å²) in [6, 6.07) is 14.7. The highest BCUT2D eigenvalue weighted by molar-refractivity contribution is 9.10. The molecule has 0 aliphatic carbocycles. The third kappa shape index (κ3) is 3.58. The van der Waals surface area contributed by atoms with Gasteiger partial charge in [-0.1, -0.05) is 28.1 Å². The van der Waals surface area contributed by atoms with E-state index >= 15 is 0 Å². The molecule has 0 atom stereocenters. The standard InChI is InChI=1S/C13H10BrNO2S/c14-11-4-6-13(7-5-11)18-9-10-2-1-3-12(8-10)15(16)17/h1-8H,9H2. The Bertz CT molecular complexity index is 557. The summed E-state index contributed by atoms with van der Waals surface area (Å²) in [5, 5.41) is 10.7. The van der Waals surface area contributed by atoms with Crippen LogP contribution in [0.25, 0.3) is 0 Å². The van der Waals surface area contributed by atoms with Gasteiger partial charge in [0, 0.05) is 27.3 Å². The van der Waals surface area contributed by atoms with Gasteiger partial charge in [0.1, 0.15) is 0 Å². The number of non-ortho nitro benzene ring substituents is 1. The Morgan fingerprint density at radius 1 is 1.17 bits per heavy atom. The Morgan fingerprint density at radius 2 is 1.89 bits per heavy atom. The van der Waals surface area contributed by atoms with E-state index in [0.717, 1.165) is 20.7 Å². The Labute approximate surface area is 117 Å². The van der Waals surface area contributed by atoms with E-state index in [0.29, 0.717) is 0 Å². The molecule has 0 saturated heterocycles. The molecule has 0 unspecified atom stereocenters. The molecule has 3 nitrogen and oxygen atoms in total. The minimum absolute atomic E-state index is 0.143. The van der Waals surface area contributed by atoms with Gasteiger partial charge in [0.05, 0.1) is 4.92 Å². The first-order valence-electron chi connectivity index (χ1n) is 5.27. The van der Waals surface area contributed by atoms with Gasteiger partial charge in [-0.2, -0.15) is 0 Å². The van der Waals surface area contributed by atoms with Crippen molar-refractivity contribution in [2.24, 2.45) is 0 Å². The minimum Gasteiger partial charge on any atom is -0.258 e. The lowest BCUT2D eigenvalue weighted by atomic mass is 10.2. The van der Waals surface area contributed by atoms with Crippen LogP contribution in [0.5, 0.6) is 0 Å². The lowest BCUT2D eigenvalue weighted by Gasteiger charge is -2.02. The molecule has 0 amide bonds. The molecule has 2 aromatic rings. The number of hydrogen-bond donors (Lipinski definition) is 0. The number of nitro groups is 1. The molecule has 5 heteroatoms. The maximum atomic E-state index is 10.7. The van der Waals surface area contributed by atoms with E-state index in [4.69, 9.17) is 0 Å². The van der Waals surface area contributed by atoms with Crippen molar-refractivity contribution in [1.82, 2.24) is 0 Å². The molecule has 0 spiro atoms. The Hall–Kier alpha value is -1.33. The van der Waals surface area contributed by atoms with Crippen LogP contribution in [0.15, 0.2) is 57.9 Å². The quantitative estimate of drug-likeness (QED) is 0.467. The Morgan fingerprint density at radius 3 is 2.56 bits per heavy atom. The van der Waals surface area contributed by atoms with E-state index in [9.17, 15) is 10.1 Å². The van der Waals surface area contributed by atoms with Crippen LogP contribution >= 0.6 is 27.7 Å². The van der Waals surface area contributed by atoms with Gasteiger partial charge in [0.25, 0.3) is 5.69 Å². The first kappa shape index (κ1) is 13.1. The first-order chi connectivity index (χ1) is 8.65. The molecule has 0 bridgehead atoms. The fraction of sp³-hybridized carbons (Fsp3) is 0.0769. The molecule has 0 heterocycles. The van der Waals surface area contributed by atoms with Gasteiger partial charge >= 0.3 is 0 Å². The first-order valence-corrected chi connectivity index (χ1v) is 7.05. The van der Waals surface area contributed by atoms with Crippen molar-refractivity contribution in [3.05, 3.63) is 68.7 Å². The normalized spacial score (nSPS) is 10.3. The Kier molecular flexibility index (Phi) is 4.38. The number of nitrogens with zero attached hydrogens (tertiary/aromatic N) is 1. The topological polar surface area (TPSA) is 43.1 Å².